The second kappa shape index (κ2) is 5.54. The van der Waals surface area contributed by atoms with E-state index in [1.807, 2.05) is 18.2 Å². The lowest BCUT2D eigenvalue weighted by molar-refractivity contribution is 0.0620. The summed E-state index contributed by atoms with van der Waals surface area (Å²) in [5.41, 5.74) is 0.706. The van der Waals surface area contributed by atoms with E-state index in [4.69, 9.17) is 0 Å². The second-order valence-electron chi connectivity index (χ2n) is 5.38. The molecule has 3 nitrogen and oxygen atoms in total. The maximum Gasteiger partial charge on any atom is 0.251 e. The molecule has 1 aromatic carbocycles. The summed E-state index contributed by atoms with van der Waals surface area (Å²) in [7, 11) is 0. The second-order valence-corrected chi connectivity index (χ2v) is 7.21. The van der Waals surface area contributed by atoms with E-state index in [0.29, 0.717) is 17.5 Å². The Morgan fingerprint density at radius 3 is 2.32 bits per heavy atom. The summed E-state index contributed by atoms with van der Waals surface area (Å²) in [6, 6.07) is 5.97. The molecule has 0 aliphatic carbocycles. The first-order valence-electron chi connectivity index (χ1n) is 6.61. The van der Waals surface area contributed by atoms with Crippen molar-refractivity contribution in [2.75, 3.05) is 19.6 Å². The molecule has 3 fully saturated rings. The van der Waals surface area contributed by atoms with Crippen molar-refractivity contribution < 1.29 is 4.79 Å². The minimum atomic E-state index is 0.0285. The first-order valence-corrected chi connectivity index (χ1v) is 8.20. The number of nitrogens with zero attached hydrogens (tertiary/aromatic N) is 1. The van der Waals surface area contributed by atoms with Crippen molar-refractivity contribution in [1.29, 1.82) is 0 Å². The van der Waals surface area contributed by atoms with Crippen LogP contribution in [0.2, 0.25) is 0 Å². The number of nitrogens with one attached hydrogen (secondary N) is 1. The van der Waals surface area contributed by atoms with Crippen LogP contribution in [0.5, 0.6) is 0 Å². The molecule has 0 aromatic heterocycles. The number of piperidine rings is 3. The zero-order valence-electron chi connectivity index (χ0n) is 10.5. The Morgan fingerprint density at radius 2 is 1.79 bits per heavy atom. The molecule has 1 unspecified atom stereocenters. The van der Waals surface area contributed by atoms with Crippen molar-refractivity contribution in [3.05, 3.63) is 32.7 Å². The van der Waals surface area contributed by atoms with E-state index < -0.39 is 0 Å². The Hall–Kier alpha value is -0.390. The molecule has 3 aliphatic heterocycles. The maximum atomic E-state index is 12.3. The van der Waals surface area contributed by atoms with Crippen LogP contribution >= 0.6 is 31.9 Å². The first-order chi connectivity index (χ1) is 9.11. The summed E-state index contributed by atoms with van der Waals surface area (Å²) in [4.78, 5) is 14.8. The van der Waals surface area contributed by atoms with Gasteiger partial charge in [-0.05, 0) is 50.0 Å². The van der Waals surface area contributed by atoms with E-state index in [2.05, 4.69) is 42.1 Å². The minimum Gasteiger partial charge on any atom is -0.348 e. The van der Waals surface area contributed by atoms with Crippen molar-refractivity contribution in [1.82, 2.24) is 10.2 Å². The van der Waals surface area contributed by atoms with E-state index in [1.165, 1.54) is 25.9 Å². The van der Waals surface area contributed by atoms with Crippen LogP contribution in [0.4, 0.5) is 0 Å². The van der Waals surface area contributed by atoms with Crippen LogP contribution in [0.3, 0.4) is 0 Å². The lowest BCUT2D eigenvalue weighted by atomic mass is 9.84. The van der Waals surface area contributed by atoms with Crippen molar-refractivity contribution in [2.45, 2.75) is 18.9 Å². The quantitative estimate of drug-likeness (QED) is 0.845. The van der Waals surface area contributed by atoms with Gasteiger partial charge in [0.15, 0.2) is 0 Å². The monoisotopic (exact) mass is 386 g/mol. The van der Waals surface area contributed by atoms with Gasteiger partial charge in [-0.3, -0.25) is 4.79 Å². The molecule has 4 rings (SSSR count). The number of carbonyl (C=O) groups is 1. The zero-order chi connectivity index (χ0) is 13.4. The molecule has 0 radical (unpaired) electrons. The van der Waals surface area contributed by atoms with E-state index in [-0.39, 0.29) is 5.91 Å². The van der Waals surface area contributed by atoms with Crippen LogP contribution in [0.1, 0.15) is 23.2 Å². The zero-order valence-corrected chi connectivity index (χ0v) is 13.7. The fourth-order valence-corrected chi connectivity index (χ4v) is 4.36. The highest BCUT2D eigenvalue weighted by atomic mass is 79.9. The lowest BCUT2D eigenvalue weighted by Crippen LogP contribution is -2.57. The van der Waals surface area contributed by atoms with Crippen molar-refractivity contribution in [3.63, 3.8) is 0 Å². The molecule has 1 aromatic rings. The molecule has 102 valence electrons. The SMILES string of the molecule is O=C(NC1CN2CCC1CC2)c1cc(Br)cc(Br)c1. The van der Waals surface area contributed by atoms with Crippen LogP contribution in [-0.4, -0.2) is 36.5 Å². The highest BCUT2D eigenvalue weighted by Gasteiger charge is 2.34. The van der Waals surface area contributed by atoms with Crippen LogP contribution in [-0.2, 0) is 0 Å². The van der Waals surface area contributed by atoms with E-state index in [0.717, 1.165) is 15.5 Å². The fraction of sp³-hybridized carbons (Fsp3) is 0.500. The third kappa shape index (κ3) is 3.03. The summed E-state index contributed by atoms with van der Waals surface area (Å²) in [5.74, 6) is 0.685. The number of hydrogen-bond donors (Lipinski definition) is 1. The molecule has 2 bridgehead atoms. The fourth-order valence-electron chi connectivity index (χ4n) is 3.07. The summed E-state index contributed by atoms with van der Waals surface area (Å²) in [6.45, 7) is 3.39. The predicted molar refractivity (Wildman–Crippen MR) is 82.3 cm³/mol. The minimum absolute atomic E-state index is 0.0285. The Kier molecular flexibility index (Phi) is 3.96. The molecule has 19 heavy (non-hydrogen) atoms. The highest BCUT2D eigenvalue weighted by Crippen LogP contribution is 2.28. The largest absolute Gasteiger partial charge is 0.348 e. The van der Waals surface area contributed by atoms with Gasteiger partial charge in [0.1, 0.15) is 0 Å². The van der Waals surface area contributed by atoms with Crippen molar-refractivity contribution in [3.8, 4) is 0 Å². The lowest BCUT2D eigenvalue weighted by Gasteiger charge is -2.44. The number of benzene rings is 1. The van der Waals surface area contributed by atoms with Crippen LogP contribution < -0.4 is 5.32 Å². The van der Waals surface area contributed by atoms with E-state index >= 15 is 0 Å². The molecular formula is C14H16Br2N2O. The van der Waals surface area contributed by atoms with Gasteiger partial charge in [0, 0.05) is 27.1 Å². The normalized spacial score (nSPS) is 29.3. The van der Waals surface area contributed by atoms with Gasteiger partial charge in [-0.15, -0.1) is 0 Å². The summed E-state index contributed by atoms with van der Waals surface area (Å²) >= 11 is 6.84. The van der Waals surface area contributed by atoms with Crippen molar-refractivity contribution in [2.24, 2.45) is 5.92 Å². The van der Waals surface area contributed by atoms with Gasteiger partial charge >= 0.3 is 0 Å². The summed E-state index contributed by atoms with van der Waals surface area (Å²) < 4.78 is 1.84. The number of halogens is 2. The van der Waals surface area contributed by atoms with Gasteiger partial charge in [-0.25, -0.2) is 0 Å². The van der Waals surface area contributed by atoms with Crippen molar-refractivity contribution >= 4 is 37.8 Å². The number of hydrogen-bond acceptors (Lipinski definition) is 2. The Balaban J connectivity index is 1.71. The van der Waals surface area contributed by atoms with Gasteiger partial charge in [0.05, 0.1) is 0 Å². The molecule has 3 heterocycles. The standard InChI is InChI=1S/C14H16Br2N2O/c15-11-5-10(6-12(16)7-11)14(19)17-13-8-18-3-1-9(13)2-4-18/h5-7,9,13H,1-4,8H2,(H,17,19). The first kappa shape index (κ1) is 13.6. The molecule has 0 saturated carbocycles. The average molecular weight is 388 g/mol. The molecule has 3 aliphatic rings. The Labute approximate surface area is 130 Å². The average Bonchev–Trinajstić information content (AvgIpc) is 2.39. The summed E-state index contributed by atoms with van der Waals surface area (Å²) in [6.07, 6.45) is 2.43. The number of amides is 1. The van der Waals surface area contributed by atoms with Gasteiger partial charge < -0.3 is 10.2 Å². The molecule has 3 saturated heterocycles. The third-order valence-electron chi connectivity index (χ3n) is 4.10. The smallest absolute Gasteiger partial charge is 0.251 e. The van der Waals surface area contributed by atoms with Crippen LogP contribution in [0, 0.1) is 5.92 Å². The van der Waals surface area contributed by atoms with Gasteiger partial charge in [0.2, 0.25) is 0 Å². The van der Waals surface area contributed by atoms with E-state index in [1.54, 1.807) is 0 Å². The molecule has 1 atom stereocenters. The third-order valence-corrected chi connectivity index (χ3v) is 5.01. The van der Waals surface area contributed by atoms with E-state index in [9.17, 15) is 4.79 Å². The molecule has 1 N–H and O–H groups in total. The van der Waals surface area contributed by atoms with Gasteiger partial charge in [0.25, 0.3) is 5.91 Å². The predicted octanol–water partition coefficient (Wildman–Crippen LogP) is 3.04. The van der Waals surface area contributed by atoms with Crippen LogP contribution in [0.25, 0.3) is 0 Å². The summed E-state index contributed by atoms with van der Waals surface area (Å²) in [5, 5.41) is 3.20. The molecule has 0 spiro atoms. The molecular weight excluding hydrogens is 372 g/mol. The Bertz CT molecular complexity index is 478. The highest BCUT2D eigenvalue weighted by molar-refractivity contribution is 9.11. The number of fused-ring (bicyclic) bond motifs is 3. The Morgan fingerprint density at radius 1 is 1.16 bits per heavy atom. The molecule has 5 heteroatoms. The molecule has 1 amide bonds. The number of rotatable bonds is 2. The number of carbonyl (C=O) groups excluding carboxylic acids is 1. The van der Waals surface area contributed by atoms with Crippen LogP contribution in [0.15, 0.2) is 27.1 Å². The maximum absolute atomic E-state index is 12.3. The topological polar surface area (TPSA) is 32.3 Å². The van der Waals surface area contributed by atoms with Gasteiger partial charge in [-0.1, -0.05) is 31.9 Å². The van der Waals surface area contributed by atoms with Gasteiger partial charge in [-0.2, -0.15) is 0 Å².